The molecule has 0 saturated carbocycles. The van der Waals surface area contributed by atoms with E-state index in [0.29, 0.717) is 23.9 Å². The number of para-hydroxylation sites is 1. The molecule has 2 aromatic carbocycles. The molecule has 0 unspecified atom stereocenters. The Morgan fingerprint density at radius 2 is 1.79 bits per heavy atom. The van der Waals surface area contributed by atoms with Crippen molar-refractivity contribution in [3.63, 3.8) is 0 Å². The lowest BCUT2D eigenvalue weighted by Gasteiger charge is -2.09. The van der Waals surface area contributed by atoms with E-state index in [4.69, 9.17) is 11.6 Å². The number of hydrogen-bond acceptors (Lipinski definition) is 4. The maximum absolute atomic E-state index is 13.7. The normalized spacial score (nSPS) is 10.4. The van der Waals surface area contributed by atoms with Gasteiger partial charge in [-0.15, -0.1) is 0 Å². The van der Waals surface area contributed by atoms with Gasteiger partial charge >= 0.3 is 0 Å². The number of halogens is 2. The van der Waals surface area contributed by atoms with Crippen molar-refractivity contribution < 1.29 is 4.39 Å². The van der Waals surface area contributed by atoms with E-state index in [1.54, 1.807) is 24.3 Å². The average molecular weight is 343 g/mol. The second-order valence-electron chi connectivity index (χ2n) is 5.20. The van der Waals surface area contributed by atoms with Gasteiger partial charge in [-0.25, -0.2) is 14.4 Å². The van der Waals surface area contributed by atoms with Crippen molar-refractivity contribution >= 4 is 28.9 Å². The number of benzene rings is 2. The van der Waals surface area contributed by atoms with E-state index >= 15 is 0 Å². The maximum atomic E-state index is 13.7. The second-order valence-corrected chi connectivity index (χ2v) is 5.64. The summed E-state index contributed by atoms with van der Waals surface area (Å²) in [4.78, 5) is 8.28. The van der Waals surface area contributed by atoms with Gasteiger partial charge in [0.1, 0.15) is 23.8 Å². The number of hydrogen-bond donors (Lipinski definition) is 2. The van der Waals surface area contributed by atoms with Gasteiger partial charge in [0.2, 0.25) is 0 Å². The molecule has 0 aliphatic heterocycles. The number of anilines is 3. The van der Waals surface area contributed by atoms with E-state index in [-0.39, 0.29) is 5.82 Å². The van der Waals surface area contributed by atoms with Crippen LogP contribution in [0.1, 0.15) is 5.56 Å². The zero-order valence-corrected chi connectivity index (χ0v) is 13.6. The SMILES string of the molecule is Fc1ccccc1Nc1cc(NCCc2cccc(Cl)c2)ncn1. The van der Waals surface area contributed by atoms with Crippen LogP contribution < -0.4 is 10.6 Å². The first-order valence-electron chi connectivity index (χ1n) is 7.52. The number of rotatable bonds is 6. The fourth-order valence-corrected chi connectivity index (χ4v) is 2.46. The van der Waals surface area contributed by atoms with Crippen molar-refractivity contribution in [2.75, 3.05) is 17.2 Å². The highest BCUT2D eigenvalue weighted by molar-refractivity contribution is 6.30. The quantitative estimate of drug-likeness (QED) is 0.683. The van der Waals surface area contributed by atoms with E-state index in [9.17, 15) is 4.39 Å². The first kappa shape index (κ1) is 16.2. The minimum absolute atomic E-state index is 0.327. The summed E-state index contributed by atoms with van der Waals surface area (Å²) in [6.07, 6.45) is 2.26. The predicted octanol–water partition coefficient (Wildman–Crippen LogP) is 4.67. The van der Waals surface area contributed by atoms with Crippen LogP contribution in [0.3, 0.4) is 0 Å². The van der Waals surface area contributed by atoms with Gasteiger partial charge in [0.05, 0.1) is 5.69 Å². The van der Waals surface area contributed by atoms with Crippen LogP contribution in [0.2, 0.25) is 5.02 Å². The number of nitrogens with zero attached hydrogens (tertiary/aromatic N) is 2. The molecule has 3 rings (SSSR count). The third-order valence-electron chi connectivity index (χ3n) is 3.41. The largest absolute Gasteiger partial charge is 0.370 e. The van der Waals surface area contributed by atoms with Gasteiger partial charge in [-0.2, -0.15) is 0 Å². The van der Waals surface area contributed by atoms with Gasteiger partial charge in [0, 0.05) is 17.6 Å². The van der Waals surface area contributed by atoms with Crippen molar-refractivity contribution in [1.29, 1.82) is 0 Å². The van der Waals surface area contributed by atoms with Gasteiger partial charge in [-0.05, 0) is 36.2 Å². The summed E-state index contributed by atoms with van der Waals surface area (Å²) in [6.45, 7) is 0.705. The zero-order chi connectivity index (χ0) is 16.8. The Morgan fingerprint density at radius 1 is 0.958 bits per heavy atom. The standard InChI is InChI=1S/C18H16ClFN4/c19-14-5-3-4-13(10-14)8-9-21-17-11-18(23-12-22-17)24-16-7-2-1-6-15(16)20/h1-7,10-12H,8-9H2,(H2,21,22,23,24). The highest BCUT2D eigenvalue weighted by Crippen LogP contribution is 2.19. The molecule has 4 nitrogen and oxygen atoms in total. The zero-order valence-electron chi connectivity index (χ0n) is 12.8. The molecule has 2 N–H and O–H groups in total. The second kappa shape index (κ2) is 7.75. The summed E-state index contributed by atoms with van der Waals surface area (Å²) in [5, 5.41) is 6.90. The third kappa shape index (κ3) is 4.43. The van der Waals surface area contributed by atoms with Gasteiger partial charge in [-0.1, -0.05) is 35.9 Å². The molecule has 1 heterocycles. The van der Waals surface area contributed by atoms with E-state index in [1.165, 1.54) is 12.4 Å². The minimum Gasteiger partial charge on any atom is -0.370 e. The molecule has 0 radical (unpaired) electrons. The third-order valence-corrected chi connectivity index (χ3v) is 3.65. The first-order valence-corrected chi connectivity index (χ1v) is 7.90. The van der Waals surface area contributed by atoms with Crippen molar-refractivity contribution in [2.24, 2.45) is 0 Å². The molecule has 24 heavy (non-hydrogen) atoms. The van der Waals surface area contributed by atoms with Crippen LogP contribution in [0, 0.1) is 5.82 Å². The summed E-state index contributed by atoms with van der Waals surface area (Å²) in [7, 11) is 0. The molecule has 1 aromatic heterocycles. The Morgan fingerprint density at radius 3 is 2.62 bits per heavy atom. The topological polar surface area (TPSA) is 49.8 Å². The van der Waals surface area contributed by atoms with Gasteiger partial charge < -0.3 is 10.6 Å². The molecule has 0 fully saturated rings. The van der Waals surface area contributed by atoms with Crippen molar-refractivity contribution in [2.45, 2.75) is 6.42 Å². The summed E-state index contributed by atoms with van der Waals surface area (Å²) in [5.74, 6) is 0.873. The van der Waals surface area contributed by atoms with Crippen LogP contribution >= 0.6 is 11.6 Å². The fourth-order valence-electron chi connectivity index (χ4n) is 2.25. The molecular formula is C18H16ClFN4. The van der Waals surface area contributed by atoms with E-state index in [0.717, 1.165) is 17.0 Å². The monoisotopic (exact) mass is 342 g/mol. The summed E-state index contributed by atoms with van der Waals surface area (Å²) in [6, 6.07) is 15.9. The Hall–Kier alpha value is -2.66. The number of nitrogens with one attached hydrogen (secondary N) is 2. The highest BCUT2D eigenvalue weighted by Gasteiger charge is 2.03. The molecule has 0 saturated heterocycles. The van der Waals surface area contributed by atoms with E-state index in [2.05, 4.69) is 20.6 Å². The fraction of sp³-hybridized carbons (Fsp3) is 0.111. The summed E-state index contributed by atoms with van der Waals surface area (Å²) >= 11 is 5.97. The average Bonchev–Trinajstić information content (AvgIpc) is 2.58. The van der Waals surface area contributed by atoms with Crippen LogP contribution in [0.4, 0.5) is 21.7 Å². The van der Waals surface area contributed by atoms with E-state index < -0.39 is 0 Å². The van der Waals surface area contributed by atoms with E-state index in [1.807, 2.05) is 24.3 Å². The highest BCUT2D eigenvalue weighted by atomic mass is 35.5. The molecule has 0 aliphatic rings. The molecule has 0 atom stereocenters. The first-order chi connectivity index (χ1) is 11.7. The molecule has 0 bridgehead atoms. The lowest BCUT2D eigenvalue weighted by Crippen LogP contribution is -2.07. The Balaban J connectivity index is 1.60. The van der Waals surface area contributed by atoms with Crippen LogP contribution in [0.25, 0.3) is 0 Å². The molecule has 3 aromatic rings. The maximum Gasteiger partial charge on any atom is 0.146 e. The van der Waals surface area contributed by atoms with Crippen molar-refractivity contribution in [1.82, 2.24) is 9.97 Å². The lowest BCUT2D eigenvalue weighted by atomic mass is 10.1. The summed E-state index contributed by atoms with van der Waals surface area (Å²) < 4.78 is 13.7. The molecule has 0 amide bonds. The molecular weight excluding hydrogens is 327 g/mol. The van der Waals surface area contributed by atoms with Gasteiger partial charge in [-0.3, -0.25) is 0 Å². The Bertz CT molecular complexity index is 825. The van der Waals surface area contributed by atoms with Gasteiger partial charge in [0.15, 0.2) is 0 Å². The van der Waals surface area contributed by atoms with Crippen LogP contribution in [-0.2, 0) is 6.42 Å². The van der Waals surface area contributed by atoms with Crippen LogP contribution in [-0.4, -0.2) is 16.5 Å². The smallest absolute Gasteiger partial charge is 0.146 e. The molecule has 0 spiro atoms. The molecule has 0 aliphatic carbocycles. The van der Waals surface area contributed by atoms with Crippen LogP contribution in [0.15, 0.2) is 60.9 Å². The molecule has 122 valence electrons. The Kier molecular flexibility index (Phi) is 5.23. The Labute approximate surface area is 144 Å². The number of aromatic nitrogens is 2. The van der Waals surface area contributed by atoms with Crippen molar-refractivity contribution in [3.8, 4) is 0 Å². The molecule has 6 heteroatoms. The summed E-state index contributed by atoms with van der Waals surface area (Å²) in [5.41, 5.74) is 1.52. The minimum atomic E-state index is -0.327. The lowest BCUT2D eigenvalue weighted by molar-refractivity contribution is 0.632. The van der Waals surface area contributed by atoms with Gasteiger partial charge in [0.25, 0.3) is 0 Å². The predicted molar refractivity (Wildman–Crippen MR) is 95.4 cm³/mol. The van der Waals surface area contributed by atoms with Crippen molar-refractivity contribution in [3.05, 3.63) is 77.3 Å². The van der Waals surface area contributed by atoms with Crippen LogP contribution in [0.5, 0.6) is 0 Å².